The van der Waals surface area contributed by atoms with E-state index in [1.807, 2.05) is 52.0 Å². The van der Waals surface area contributed by atoms with E-state index in [1.54, 1.807) is 12.1 Å². The van der Waals surface area contributed by atoms with Crippen molar-refractivity contribution in [2.24, 2.45) is 0 Å². The van der Waals surface area contributed by atoms with E-state index in [9.17, 15) is 4.57 Å². The molecule has 0 radical (unpaired) electrons. The van der Waals surface area contributed by atoms with Crippen LogP contribution in [0.15, 0.2) is 36.4 Å². The van der Waals surface area contributed by atoms with Crippen LogP contribution in [0.2, 0.25) is 0 Å². The average Bonchev–Trinajstić information content (AvgIpc) is 2.37. The van der Waals surface area contributed by atoms with Crippen molar-refractivity contribution in [2.45, 2.75) is 27.7 Å². The predicted octanol–water partition coefficient (Wildman–Crippen LogP) is 5.72. The van der Waals surface area contributed by atoms with Crippen LogP contribution < -0.4 is 9.05 Å². The van der Waals surface area contributed by atoms with Crippen LogP contribution in [0.25, 0.3) is 0 Å². The van der Waals surface area contributed by atoms with Gasteiger partial charge in [-0.15, -0.1) is 0 Å². The third kappa shape index (κ3) is 4.26. The monoisotopic (exact) mass is 324 g/mol. The zero-order valence-corrected chi connectivity index (χ0v) is 14.2. The standard InChI is InChI=1S/C16H18ClO3P/c1-11-5-7-13(3)15(9-11)19-21(17,18)20-16-10-12(2)6-8-14(16)4/h5-10H,1-4H3. The second-order valence-electron chi connectivity index (χ2n) is 5.15. The number of rotatable bonds is 4. The molecule has 0 fully saturated rings. The summed E-state index contributed by atoms with van der Waals surface area (Å²) in [6, 6.07) is 11.3. The largest absolute Gasteiger partial charge is 0.530 e. The highest BCUT2D eigenvalue weighted by molar-refractivity contribution is 7.82. The summed E-state index contributed by atoms with van der Waals surface area (Å²) in [5.74, 6) is 0.942. The second-order valence-corrected chi connectivity index (χ2v) is 7.62. The molecule has 0 unspecified atom stereocenters. The maximum Gasteiger partial charge on any atom is 0.530 e. The molecule has 0 aliphatic carbocycles. The van der Waals surface area contributed by atoms with Crippen molar-refractivity contribution in [3.63, 3.8) is 0 Å². The first-order valence-corrected chi connectivity index (χ1v) is 9.05. The van der Waals surface area contributed by atoms with Crippen molar-refractivity contribution in [3.8, 4) is 11.5 Å². The van der Waals surface area contributed by atoms with E-state index >= 15 is 0 Å². The molecule has 0 aliphatic heterocycles. The van der Waals surface area contributed by atoms with E-state index in [1.165, 1.54) is 0 Å². The normalized spacial score (nSPS) is 11.3. The topological polar surface area (TPSA) is 35.5 Å². The van der Waals surface area contributed by atoms with Crippen LogP contribution in [-0.2, 0) is 4.57 Å². The summed E-state index contributed by atoms with van der Waals surface area (Å²) < 4.78 is 23.2. The Morgan fingerprint density at radius 1 is 0.810 bits per heavy atom. The number of halogens is 1. The average molecular weight is 325 g/mol. The number of hydrogen-bond donors (Lipinski definition) is 0. The summed E-state index contributed by atoms with van der Waals surface area (Å²) in [6.45, 7) is 3.83. The minimum Gasteiger partial charge on any atom is -0.404 e. The highest BCUT2D eigenvalue weighted by Gasteiger charge is 2.26. The lowest BCUT2D eigenvalue weighted by Gasteiger charge is -2.17. The van der Waals surface area contributed by atoms with Crippen molar-refractivity contribution in [2.75, 3.05) is 0 Å². The van der Waals surface area contributed by atoms with E-state index in [0.717, 1.165) is 22.3 Å². The first-order valence-electron chi connectivity index (χ1n) is 6.60. The van der Waals surface area contributed by atoms with Gasteiger partial charge >= 0.3 is 6.95 Å². The maximum atomic E-state index is 12.4. The van der Waals surface area contributed by atoms with E-state index in [2.05, 4.69) is 0 Å². The third-order valence-electron chi connectivity index (χ3n) is 3.10. The molecule has 2 rings (SSSR count). The van der Waals surface area contributed by atoms with Crippen LogP contribution >= 0.6 is 18.2 Å². The zero-order chi connectivity index (χ0) is 15.6. The van der Waals surface area contributed by atoms with Crippen molar-refractivity contribution in [1.82, 2.24) is 0 Å². The molecule has 21 heavy (non-hydrogen) atoms. The Balaban J connectivity index is 2.24. The number of benzene rings is 2. The molecule has 2 aromatic carbocycles. The molecule has 112 valence electrons. The van der Waals surface area contributed by atoms with Gasteiger partial charge in [0.2, 0.25) is 0 Å². The van der Waals surface area contributed by atoms with Gasteiger partial charge in [0, 0.05) is 11.2 Å². The van der Waals surface area contributed by atoms with Gasteiger partial charge in [0.05, 0.1) is 0 Å². The summed E-state index contributed by atoms with van der Waals surface area (Å²) in [6.07, 6.45) is 0. The van der Waals surface area contributed by atoms with Crippen LogP contribution in [-0.4, -0.2) is 0 Å². The van der Waals surface area contributed by atoms with Gasteiger partial charge in [0.15, 0.2) is 0 Å². The Bertz CT molecular complexity index is 655. The van der Waals surface area contributed by atoms with Crippen molar-refractivity contribution in [3.05, 3.63) is 58.7 Å². The van der Waals surface area contributed by atoms with Gasteiger partial charge in [0.1, 0.15) is 11.5 Å². The lowest BCUT2D eigenvalue weighted by Crippen LogP contribution is -1.98. The fourth-order valence-electron chi connectivity index (χ4n) is 1.86. The van der Waals surface area contributed by atoms with Gasteiger partial charge in [-0.1, -0.05) is 24.3 Å². The molecule has 0 heterocycles. The van der Waals surface area contributed by atoms with Crippen LogP contribution in [0.5, 0.6) is 11.5 Å². The van der Waals surface area contributed by atoms with Crippen molar-refractivity contribution in [1.29, 1.82) is 0 Å². The molecule has 3 nitrogen and oxygen atoms in total. The fraction of sp³-hybridized carbons (Fsp3) is 0.250. The van der Waals surface area contributed by atoms with Crippen LogP contribution in [0.4, 0.5) is 0 Å². The first-order chi connectivity index (χ1) is 9.77. The van der Waals surface area contributed by atoms with Gasteiger partial charge < -0.3 is 9.05 Å². The van der Waals surface area contributed by atoms with E-state index < -0.39 is 6.95 Å². The molecule has 2 aromatic rings. The molecule has 0 saturated heterocycles. The first kappa shape index (κ1) is 15.9. The summed E-state index contributed by atoms with van der Waals surface area (Å²) in [5, 5.41) is 0. The molecule has 0 amide bonds. The highest BCUT2D eigenvalue weighted by atomic mass is 35.7. The third-order valence-corrected chi connectivity index (χ3v) is 4.35. The Labute approximate surface area is 130 Å². The molecule has 0 atom stereocenters. The van der Waals surface area contributed by atoms with Crippen LogP contribution in [0.3, 0.4) is 0 Å². The van der Waals surface area contributed by atoms with Gasteiger partial charge in [-0.25, -0.2) is 4.57 Å². The summed E-state index contributed by atoms with van der Waals surface area (Å²) in [4.78, 5) is 0. The summed E-state index contributed by atoms with van der Waals surface area (Å²) >= 11 is 5.97. The molecule has 0 spiro atoms. The van der Waals surface area contributed by atoms with Gasteiger partial charge in [-0.2, -0.15) is 0 Å². The maximum absolute atomic E-state index is 12.4. The Hall–Kier alpha value is -1.44. The van der Waals surface area contributed by atoms with Gasteiger partial charge in [-0.3, -0.25) is 0 Å². The smallest absolute Gasteiger partial charge is 0.404 e. The second kappa shape index (κ2) is 6.13. The molecule has 0 aliphatic rings. The molecule has 0 bridgehead atoms. The lowest BCUT2D eigenvalue weighted by atomic mass is 10.1. The minimum absolute atomic E-state index is 0.471. The highest BCUT2D eigenvalue weighted by Crippen LogP contribution is 2.54. The van der Waals surface area contributed by atoms with Crippen molar-refractivity contribution < 1.29 is 13.6 Å². The van der Waals surface area contributed by atoms with E-state index in [0.29, 0.717) is 11.5 Å². The molecule has 5 heteroatoms. The quantitative estimate of drug-likeness (QED) is 0.674. The minimum atomic E-state index is -3.76. The molecule has 0 N–H and O–H groups in total. The van der Waals surface area contributed by atoms with Crippen LogP contribution in [0, 0.1) is 27.7 Å². The van der Waals surface area contributed by atoms with E-state index in [-0.39, 0.29) is 0 Å². The predicted molar refractivity (Wildman–Crippen MR) is 86.5 cm³/mol. The van der Waals surface area contributed by atoms with Gasteiger partial charge in [0.25, 0.3) is 0 Å². The molecule has 0 aromatic heterocycles. The van der Waals surface area contributed by atoms with Crippen LogP contribution in [0.1, 0.15) is 22.3 Å². The zero-order valence-electron chi connectivity index (χ0n) is 12.5. The van der Waals surface area contributed by atoms with E-state index in [4.69, 9.17) is 20.3 Å². The fourth-order valence-corrected chi connectivity index (χ4v) is 3.21. The molecule has 0 saturated carbocycles. The molecular formula is C16H18ClO3P. The summed E-state index contributed by atoms with van der Waals surface area (Å²) in [7, 11) is 0. The Morgan fingerprint density at radius 3 is 1.57 bits per heavy atom. The van der Waals surface area contributed by atoms with Gasteiger partial charge in [-0.05, 0) is 62.1 Å². The number of hydrogen-bond acceptors (Lipinski definition) is 3. The molecular weight excluding hydrogens is 307 g/mol. The summed E-state index contributed by atoms with van der Waals surface area (Å²) in [5.41, 5.74) is 3.70. The number of aryl methyl sites for hydroxylation is 4. The van der Waals surface area contributed by atoms with Crippen molar-refractivity contribution >= 4 is 18.2 Å². The lowest BCUT2D eigenvalue weighted by molar-refractivity contribution is 0.404. The Kier molecular flexibility index (Phi) is 4.65. The SMILES string of the molecule is Cc1ccc(C)c(OP(=O)(Cl)Oc2cc(C)ccc2C)c1. The Morgan fingerprint density at radius 2 is 1.19 bits per heavy atom.